The molecule has 32 heavy (non-hydrogen) atoms. The van der Waals surface area contributed by atoms with Crippen LogP contribution in [-0.4, -0.2) is 21.4 Å². The zero-order valence-corrected chi connectivity index (χ0v) is 21.5. The van der Waals surface area contributed by atoms with Gasteiger partial charge < -0.3 is 10.2 Å². The Hall–Kier alpha value is -0.590. The molecule has 0 bridgehead atoms. The van der Waals surface area contributed by atoms with Gasteiger partial charge in [-0.1, -0.05) is 20.8 Å². The first-order chi connectivity index (χ1) is 15.0. The maximum absolute atomic E-state index is 11.0. The van der Waals surface area contributed by atoms with Gasteiger partial charge >= 0.3 is 0 Å². The van der Waals surface area contributed by atoms with E-state index < -0.39 is 11.2 Å². The summed E-state index contributed by atoms with van der Waals surface area (Å²) in [7, 11) is 0. The average Bonchev–Trinajstić information content (AvgIpc) is 3.08. The van der Waals surface area contributed by atoms with E-state index in [-0.39, 0.29) is 5.92 Å². The van der Waals surface area contributed by atoms with Crippen molar-refractivity contribution in [3.05, 3.63) is 0 Å². The molecule has 0 heterocycles. The molecule has 3 heteroatoms. The number of nitrogens with zero attached hydrogens (tertiary/aromatic N) is 1. The van der Waals surface area contributed by atoms with Crippen LogP contribution in [0.25, 0.3) is 0 Å². The standard InChI is InChI=1S/C29H49NO2/c1-6-29(32)17-16-27(4)21(18-29)9-10-22-24-12-11-23(28(24,5)15-13-25(22)27)20(19-30)8-7-14-26(2,3)31/h20-25,31-32H,6-18H2,1-5H3/t20?,21-,22-,23+,24-,25-,27-,28+,29-/m0/s1. The maximum Gasteiger partial charge on any atom is 0.0658 e. The number of fused-ring (bicyclic) bond motifs is 5. The zero-order valence-electron chi connectivity index (χ0n) is 21.5. The van der Waals surface area contributed by atoms with E-state index in [0.717, 1.165) is 56.3 Å². The molecular formula is C29H49NO2. The van der Waals surface area contributed by atoms with Gasteiger partial charge in [0.05, 0.1) is 17.3 Å². The minimum Gasteiger partial charge on any atom is -0.390 e. The van der Waals surface area contributed by atoms with E-state index in [2.05, 4.69) is 26.8 Å². The SMILES string of the molecule is CC[C@]1(O)CC[C@@]2(C)[C@@H](CC[C@@H]3[C@@H]2CC[C@]2(C)[C@@H](C(C#N)CCCC(C)(C)O)CC[C@@H]32)C1. The van der Waals surface area contributed by atoms with Gasteiger partial charge in [0.1, 0.15) is 0 Å². The summed E-state index contributed by atoms with van der Waals surface area (Å²) in [5.41, 5.74) is -0.316. The molecule has 3 nitrogen and oxygen atoms in total. The summed E-state index contributed by atoms with van der Waals surface area (Å²) in [5, 5.41) is 31.2. The number of nitriles is 1. The summed E-state index contributed by atoms with van der Waals surface area (Å²) in [6, 6.07) is 2.72. The molecule has 0 aromatic heterocycles. The fourth-order valence-corrected chi connectivity index (χ4v) is 9.46. The number of hydrogen-bond donors (Lipinski definition) is 2. The summed E-state index contributed by atoms with van der Waals surface area (Å²) >= 11 is 0. The average molecular weight is 444 g/mol. The Morgan fingerprint density at radius 2 is 1.72 bits per heavy atom. The molecule has 0 aromatic rings. The largest absolute Gasteiger partial charge is 0.390 e. The summed E-state index contributed by atoms with van der Waals surface area (Å²) in [6.45, 7) is 11.0. The Morgan fingerprint density at radius 1 is 1.00 bits per heavy atom. The Balaban J connectivity index is 1.48. The van der Waals surface area contributed by atoms with Gasteiger partial charge in [-0.15, -0.1) is 0 Å². The molecule has 4 rings (SSSR count). The number of rotatable bonds is 6. The normalized spacial score (nSPS) is 47.1. The Bertz CT molecular complexity index is 722. The van der Waals surface area contributed by atoms with Crippen LogP contribution in [0.2, 0.25) is 0 Å². The van der Waals surface area contributed by atoms with Gasteiger partial charge in [0.15, 0.2) is 0 Å². The van der Waals surface area contributed by atoms with Gasteiger partial charge in [0, 0.05) is 5.92 Å². The second kappa shape index (κ2) is 8.57. The summed E-state index contributed by atoms with van der Waals surface area (Å²) < 4.78 is 0. The fraction of sp³-hybridized carbons (Fsp3) is 0.966. The van der Waals surface area contributed by atoms with Gasteiger partial charge in [-0.25, -0.2) is 0 Å². The van der Waals surface area contributed by atoms with Crippen molar-refractivity contribution in [2.24, 2.45) is 46.3 Å². The predicted molar refractivity (Wildman–Crippen MR) is 130 cm³/mol. The monoisotopic (exact) mass is 443 g/mol. The van der Waals surface area contributed by atoms with Crippen molar-refractivity contribution in [3.63, 3.8) is 0 Å². The van der Waals surface area contributed by atoms with Crippen molar-refractivity contribution in [2.75, 3.05) is 0 Å². The number of aliphatic hydroxyl groups is 2. The highest BCUT2D eigenvalue weighted by Gasteiger charge is 2.61. The van der Waals surface area contributed by atoms with Crippen LogP contribution in [0.4, 0.5) is 0 Å². The van der Waals surface area contributed by atoms with Crippen LogP contribution in [0.1, 0.15) is 118 Å². The molecule has 0 saturated heterocycles. The summed E-state index contributed by atoms with van der Waals surface area (Å²) in [6.07, 6.45) is 14.6. The second-order valence-corrected chi connectivity index (χ2v) is 13.6. The molecule has 4 aliphatic carbocycles. The molecule has 0 radical (unpaired) electrons. The van der Waals surface area contributed by atoms with Crippen molar-refractivity contribution in [1.82, 2.24) is 0 Å². The van der Waals surface area contributed by atoms with Crippen LogP contribution in [0, 0.1) is 57.7 Å². The molecule has 1 unspecified atom stereocenters. The van der Waals surface area contributed by atoms with Gasteiger partial charge in [-0.05, 0) is 138 Å². The van der Waals surface area contributed by atoms with Crippen molar-refractivity contribution < 1.29 is 10.2 Å². The van der Waals surface area contributed by atoms with Gasteiger partial charge in [-0.3, -0.25) is 0 Å². The number of hydrogen-bond acceptors (Lipinski definition) is 3. The topological polar surface area (TPSA) is 64.2 Å². The summed E-state index contributed by atoms with van der Waals surface area (Å²) in [4.78, 5) is 0. The first-order valence-corrected chi connectivity index (χ1v) is 13.8. The van der Waals surface area contributed by atoms with E-state index >= 15 is 0 Å². The van der Waals surface area contributed by atoms with Crippen LogP contribution in [-0.2, 0) is 0 Å². The zero-order chi connectivity index (χ0) is 23.4. The third-order valence-corrected chi connectivity index (χ3v) is 11.5. The maximum atomic E-state index is 11.0. The van der Waals surface area contributed by atoms with Crippen LogP contribution in [0.5, 0.6) is 0 Å². The highest BCUT2D eigenvalue weighted by molar-refractivity contribution is 5.12. The van der Waals surface area contributed by atoms with E-state index in [0.29, 0.717) is 22.7 Å². The lowest BCUT2D eigenvalue weighted by atomic mass is 9.43. The van der Waals surface area contributed by atoms with Gasteiger partial charge in [0.25, 0.3) is 0 Å². The molecule has 9 atom stereocenters. The summed E-state index contributed by atoms with van der Waals surface area (Å²) in [5.74, 6) is 3.78. The molecule has 0 aromatic carbocycles. The highest BCUT2D eigenvalue weighted by atomic mass is 16.3. The van der Waals surface area contributed by atoms with Crippen molar-refractivity contribution in [1.29, 1.82) is 5.26 Å². The van der Waals surface area contributed by atoms with E-state index in [4.69, 9.17) is 0 Å². The van der Waals surface area contributed by atoms with Crippen LogP contribution in [0.3, 0.4) is 0 Å². The molecule has 4 aliphatic rings. The Kier molecular flexibility index (Phi) is 6.57. The van der Waals surface area contributed by atoms with E-state index in [1.807, 2.05) is 13.8 Å². The Morgan fingerprint density at radius 3 is 2.38 bits per heavy atom. The van der Waals surface area contributed by atoms with Crippen LogP contribution in [0.15, 0.2) is 0 Å². The van der Waals surface area contributed by atoms with Gasteiger partial charge in [-0.2, -0.15) is 5.26 Å². The minimum absolute atomic E-state index is 0.144. The Labute approximate surface area is 197 Å². The van der Waals surface area contributed by atoms with E-state index in [1.165, 1.54) is 44.9 Å². The molecule has 182 valence electrons. The minimum atomic E-state index is -0.627. The lowest BCUT2D eigenvalue weighted by molar-refractivity contribution is -0.152. The van der Waals surface area contributed by atoms with Crippen molar-refractivity contribution in [2.45, 2.75) is 129 Å². The van der Waals surface area contributed by atoms with Crippen molar-refractivity contribution >= 4 is 0 Å². The molecule has 2 N–H and O–H groups in total. The molecule has 4 saturated carbocycles. The molecule has 0 amide bonds. The quantitative estimate of drug-likeness (QED) is 0.471. The molecular weight excluding hydrogens is 394 g/mol. The molecule has 0 spiro atoms. The lowest BCUT2D eigenvalue weighted by Crippen LogP contribution is -2.56. The van der Waals surface area contributed by atoms with Crippen molar-refractivity contribution in [3.8, 4) is 6.07 Å². The van der Waals surface area contributed by atoms with Crippen LogP contribution >= 0.6 is 0 Å². The molecule has 4 fully saturated rings. The molecule has 0 aliphatic heterocycles. The van der Waals surface area contributed by atoms with E-state index in [1.54, 1.807) is 0 Å². The van der Waals surface area contributed by atoms with Crippen LogP contribution < -0.4 is 0 Å². The van der Waals surface area contributed by atoms with Gasteiger partial charge in [0.2, 0.25) is 0 Å². The lowest BCUT2D eigenvalue weighted by Gasteiger charge is -2.62. The second-order valence-electron chi connectivity index (χ2n) is 13.6. The third-order valence-electron chi connectivity index (χ3n) is 11.5. The highest BCUT2D eigenvalue weighted by Crippen LogP contribution is 2.69. The fourth-order valence-electron chi connectivity index (χ4n) is 9.46. The first-order valence-electron chi connectivity index (χ1n) is 13.8. The predicted octanol–water partition coefficient (Wildman–Crippen LogP) is 6.87. The van der Waals surface area contributed by atoms with E-state index in [9.17, 15) is 15.5 Å². The smallest absolute Gasteiger partial charge is 0.0658 e. The first kappa shape index (κ1) is 24.5. The third kappa shape index (κ3) is 4.17.